The van der Waals surface area contributed by atoms with Crippen molar-refractivity contribution in [1.29, 1.82) is 0 Å². The van der Waals surface area contributed by atoms with E-state index in [2.05, 4.69) is 31.2 Å². The molecule has 0 aromatic rings. The molecule has 0 spiro atoms. The van der Waals surface area contributed by atoms with Crippen LogP contribution in [-0.2, 0) is 4.79 Å². The molecule has 32 heavy (non-hydrogen) atoms. The molecule has 0 radical (unpaired) electrons. The first-order chi connectivity index (χ1) is 15.5. The zero-order chi connectivity index (χ0) is 24.1. The van der Waals surface area contributed by atoms with Crippen LogP contribution in [0.5, 0.6) is 0 Å². The summed E-state index contributed by atoms with van der Waals surface area (Å²) in [4.78, 5) is 12.6. The number of unbranched alkanes of at least 4 members (excludes halogenated alkanes) is 18. The van der Waals surface area contributed by atoms with Crippen LogP contribution in [-0.4, -0.2) is 50.2 Å². The zero-order valence-electron chi connectivity index (χ0n) is 22.6. The lowest BCUT2D eigenvalue weighted by atomic mass is 10.0. The molecule has 2 N–H and O–H groups in total. The predicted molar refractivity (Wildman–Crippen MR) is 143 cm³/mol. The fourth-order valence-corrected chi connectivity index (χ4v) is 3.93. The Balaban J connectivity index is 0. The van der Waals surface area contributed by atoms with E-state index in [-0.39, 0.29) is 0 Å². The summed E-state index contributed by atoms with van der Waals surface area (Å²) < 4.78 is 0. The lowest BCUT2D eigenvalue weighted by molar-refractivity contribution is -0.137. The molecule has 0 amide bonds. The van der Waals surface area contributed by atoms with E-state index < -0.39 is 5.97 Å². The highest BCUT2D eigenvalue weighted by molar-refractivity contribution is 5.66. The minimum atomic E-state index is -0.651. The van der Waals surface area contributed by atoms with Gasteiger partial charge in [-0.15, -0.1) is 0 Å². The molecule has 0 rings (SSSR count). The predicted octanol–water partition coefficient (Wildman–Crippen LogP) is 8.05. The van der Waals surface area contributed by atoms with Gasteiger partial charge in [0.05, 0.1) is 0 Å². The van der Waals surface area contributed by atoms with Crippen LogP contribution in [0.1, 0.15) is 142 Å². The molecule has 4 heteroatoms. The Morgan fingerprint density at radius 1 is 0.625 bits per heavy atom. The summed E-state index contributed by atoms with van der Waals surface area (Å²) in [6.45, 7) is 4.59. The summed E-state index contributed by atoms with van der Waals surface area (Å²) in [6.07, 6.45) is 27.3. The summed E-state index contributed by atoms with van der Waals surface area (Å²) in [7, 11) is 6.17. The molecule has 194 valence electrons. The molecule has 0 saturated heterocycles. The molecule has 0 bridgehead atoms. The summed E-state index contributed by atoms with van der Waals surface area (Å²) in [5, 5.41) is 11.7. The minimum Gasteiger partial charge on any atom is -0.481 e. The van der Waals surface area contributed by atoms with E-state index in [9.17, 15) is 4.79 Å². The van der Waals surface area contributed by atoms with Crippen LogP contribution in [0, 0.1) is 0 Å². The molecule has 0 aliphatic rings. The molecule has 0 saturated carbocycles. The van der Waals surface area contributed by atoms with Crippen molar-refractivity contribution in [2.45, 2.75) is 142 Å². The number of carboxylic acids is 1. The molecule has 0 aliphatic heterocycles. The maximum atomic E-state index is 10.4. The Morgan fingerprint density at radius 2 is 0.969 bits per heavy atom. The van der Waals surface area contributed by atoms with E-state index in [0.717, 1.165) is 19.4 Å². The molecule has 0 unspecified atom stereocenters. The third kappa shape index (κ3) is 36.7. The van der Waals surface area contributed by atoms with Crippen LogP contribution >= 0.6 is 0 Å². The van der Waals surface area contributed by atoms with Crippen molar-refractivity contribution in [2.75, 3.05) is 34.2 Å². The molecular formula is C28H60N2O2. The highest BCUT2D eigenvalue weighted by atomic mass is 16.4. The number of nitrogens with one attached hydrogen (secondary N) is 1. The van der Waals surface area contributed by atoms with E-state index >= 15 is 0 Å². The van der Waals surface area contributed by atoms with Gasteiger partial charge in [-0.25, -0.2) is 0 Å². The second kappa shape index (κ2) is 30.4. The van der Waals surface area contributed by atoms with Gasteiger partial charge in [-0.3, -0.25) is 4.79 Å². The van der Waals surface area contributed by atoms with Crippen molar-refractivity contribution in [2.24, 2.45) is 0 Å². The van der Waals surface area contributed by atoms with E-state index in [1.807, 2.05) is 7.05 Å². The summed E-state index contributed by atoms with van der Waals surface area (Å²) in [6, 6.07) is 0. The number of carbonyl (C=O) groups is 1. The SMILES string of the molecule is CCCCCCCCCCCCCCCCCCCCCC(=O)O.CNCCCN(C)C. The van der Waals surface area contributed by atoms with Gasteiger partial charge in [0, 0.05) is 6.42 Å². The van der Waals surface area contributed by atoms with Gasteiger partial charge in [0.2, 0.25) is 0 Å². The van der Waals surface area contributed by atoms with Gasteiger partial charge in [0.25, 0.3) is 0 Å². The van der Waals surface area contributed by atoms with Gasteiger partial charge in [0.15, 0.2) is 0 Å². The van der Waals surface area contributed by atoms with Gasteiger partial charge in [0.1, 0.15) is 0 Å². The average molecular weight is 457 g/mol. The van der Waals surface area contributed by atoms with E-state index in [0.29, 0.717) is 6.42 Å². The topological polar surface area (TPSA) is 52.6 Å². The van der Waals surface area contributed by atoms with Crippen molar-refractivity contribution in [3.05, 3.63) is 0 Å². The maximum absolute atomic E-state index is 10.4. The van der Waals surface area contributed by atoms with Crippen molar-refractivity contribution < 1.29 is 9.90 Å². The zero-order valence-corrected chi connectivity index (χ0v) is 22.6. The minimum absolute atomic E-state index is 0.346. The largest absolute Gasteiger partial charge is 0.481 e. The average Bonchev–Trinajstić information content (AvgIpc) is 2.75. The Hall–Kier alpha value is -0.610. The van der Waals surface area contributed by atoms with E-state index in [1.165, 1.54) is 122 Å². The maximum Gasteiger partial charge on any atom is 0.303 e. The summed E-state index contributed by atoms with van der Waals surface area (Å²) >= 11 is 0. The first-order valence-corrected chi connectivity index (χ1v) is 14.1. The number of rotatable bonds is 24. The van der Waals surface area contributed by atoms with Crippen LogP contribution in [0.3, 0.4) is 0 Å². The smallest absolute Gasteiger partial charge is 0.303 e. The number of carboxylic acid groups (broad SMARTS) is 1. The van der Waals surface area contributed by atoms with Crippen LogP contribution < -0.4 is 5.32 Å². The van der Waals surface area contributed by atoms with Crippen molar-refractivity contribution in [3.8, 4) is 0 Å². The number of aliphatic carboxylic acids is 1. The summed E-state index contributed by atoms with van der Waals surface area (Å²) in [5.41, 5.74) is 0. The Kier molecular flexibility index (Phi) is 31.9. The molecule has 0 aromatic heterocycles. The third-order valence-corrected chi connectivity index (χ3v) is 6.03. The molecule has 0 heterocycles. The van der Waals surface area contributed by atoms with Gasteiger partial charge < -0.3 is 15.3 Å². The second-order valence-corrected chi connectivity index (χ2v) is 9.77. The lowest BCUT2D eigenvalue weighted by Gasteiger charge is -2.07. The first-order valence-electron chi connectivity index (χ1n) is 14.1. The van der Waals surface area contributed by atoms with Gasteiger partial charge in [-0.1, -0.05) is 122 Å². The molecule has 0 fully saturated rings. The first kappa shape index (κ1) is 33.6. The van der Waals surface area contributed by atoms with E-state index in [1.54, 1.807) is 0 Å². The van der Waals surface area contributed by atoms with E-state index in [4.69, 9.17) is 5.11 Å². The van der Waals surface area contributed by atoms with Gasteiger partial charge in [-0.05, 0) is 47.1 Å². The molecular weight excluding hydrogens is 396 g/mol. The van der Waals surface area contributed by atoms with Crippen molar-refractivity contribution in [3.63, 3.8) is 0 Å². The molecule has 0 aliphatic carbocycles. The Bertz CT molecular complexity index is 348. The quantitative estimate of drug-likeness (QED) is 0.144. The van der Waals surface area contributed by atoms with Crippen LogP contribution in [0.2, 0.25) is 0 Å². The highest BCUT2D eigenvalue weighted by Crippen LogP contribution is 2.14. The third-order valence-electron chi connectivity index (χ3n) is 6.03. The fourth-order valence-electron chi connectivity index (χ4n) is 3.93. The fraction of sp³-hybridized carbons (Fsp3) is 0.964. The Labute approximate surface area is 202 Å². The van der Waals surface area contributed by atoms with Gasteiger partial charge in [-0.2, -0.15) is 0 Å². The highest BCUT2D eigenvalue weighted by Gasteiger charge is 1.97. The number of nitrogens with zero attached hydrogens (tertiary/aromatic N) is 1. The van der Waals surface area contributed by atoms with Crippen LogP contribution in [0.4, 0.5) is 0 Å². The summed E-state index contributed by atoms with van der Waals surface area (Å²) in [5.74, 6) is -0.651. The second-order valence-electron chi connectivity index (χ2n) is 9.77. The monoisotopic (exact) mass is 456 g/mol. The molecule has 0 aromatic carbocycles. The standard InChI is InChI=1S/C22H44O2.C6H16N2/c1-2-3-4-5-6-7-8-9-10-11-12-13-14-15-16-17-18-19-20-21-22(23)24;1-7-5-4-6-8(2)3/h2-21H2,1H3,(H,23,24);7H,4-6H2,1-3H3. The number of hydrogen-bond donors (Lipinski definition) is 2. The van der Waals surface area contributed by atoms with Gasteiger partial charge >= 0.3 is 5.97 Å². The van der Waals surface area contributed by atoms with Crippen LogP contribution in [0.25, 0.3) is 0 Å². The molecule has 0 atom stereocenters. The molecule has 4 nitrogen and oxygen atoms in total. The lowest BCUT2D eigenvalue weighted by Crippen LogP contribution is -2.18. The normalized spacial score (nSPS) is 10.9. The Morgan fingerprint density at radius 3 is 1.25 bits per heavy atom. The number of hydrogen-bond acceptors (Lipinski definition) is 3. The van der Waals surface area contributed by atoms with Crippen LogP contribution in [0.15, 0.2) is 0 Å². The van der Waals surface area contributed by atoms with Crippen molar-refractivity contribution in [1.82, 2.24) is 10.2 Å². The van der Waals surface area contributed by atoms with Crippen molar-refractivity contribution >= 4 is 5.97 Å².